The maximum atomic E-state index is 6.17. The van der Waals surface area contributed by atoms with E-state index in [4.69, 9.17) is 23.2 Å². The third-order valence-corrected chi connectivity index (χ3v) is 4.17. The maximum absolute atomic E-state index is 6.17. The molecule has 0 spiro atoms. The van der Waals surface area contributed by atoms with Crippen molar-refractivity contribution in [1.82, 2.24) is 0 Å². The Kier molecular flexibility index (Phi) is 3.61. The van der Waals surface area contributed by atoms with Crippen LogP contribution in [0.25, 0.3) is 0 Å². The van der Waals surface area contributed by atoms with Crippen molar-refractivity contribution < 1.29 is 0 Å². The van der Waals surface area contributed by atoms with Gasteiger partial charge in [-0.2, -0.15) is 0 Å². The Labute approximate surface area is 114 Å². The normalized spacial score (nSPS) is 27.1. The van der Waals surface area contributed by atoms with Crippen molar-refractivity contribution in [2.24, 2.45) is 11.3 Å². The van der Waals surface area contributed by atoms with Gasteiger partial charge in [-0.05, 0) is 42.4 Å². The topological polar surface area (TPSA) is 12.0 Å². The van der Waals surface area contributed by atoms with E-state index in [9.17, 15) is 0 Å². The Morgan fingerprint density at radius 2 is 1.94 bits per heavy atom. The molecule has 2 unspecified atom stereocenters. The molecule has 1 fully saturated rings. The van der Waals surface area contributed by atoms with E-state index < -0.39 is 0 Å². The number of hydrogen-bond donors (Lipinski definition) is 1. The molecule has 1 aliphatic rings. The van der Waals surface area contributed by atoms with Crippen molar-refractivity contribution in [2.75, 3.05) is 5.32 Å². The summed E-state index contributed by atoms with van der Waals surface area (Å²) in [6, 6.07) is 6.05. The quantitative estimate of drug-likeness (QED) is 0.777. The summed E-state index contributed by atoms with van der Waals surface area (Å²) < 4.78 is 0. The minimum atomic E-state index is 0.419. The minimum absolute atomic E-state index is 0.419. The number of anilines is 1. The maximum Gasteiger partial charge on any atom is 0.0638 e. The van der Waals surface area contributed by atoms with Crippen LogP contribution in [0.15, 0.2) is 18.2 Å². The van der Waals surface area contributed by atoms with Crippen LogP contribution in [0.3, 0.4) is 0 Å². The zero-order valence-corrected chi connectivity index (χ0v) is 12.1. The second-order valence-electron chi connectivity index (χ2n) is 5.92. The van der Waals surface area contributed by atoms with Crippen LogP contribution in [0, 0.1) is 11.3 Å². The Morgan fingerprint density at radius 3 is 2.53 bits per heavy atom. The van der Waals surface area contributed by atoms with Gasteiger partial charge in [0, 0.05) is 11.1 Å². The average molecular weight is 272 g/mol. The Hall–Kier alpha value is -0.400. The van der Waals surface area contributed by atoms with Gasteiger partial charge >= 0.3 is 0 Å². The molecule has 2 rings (SSSR count). The molecule has 1 aromatic rings. The first-order chi connectivity index (χ1) is 7.87. The number of rotatable bonds is 2. The number of halogens is 2. The second kappa shape index (κ2) is 4.70. The number of hydrogen-bond acceptors (Lipinski definition) is 1. The summed E-state index contributed by atoms with van der Waals surface area (Å²) in [5.74, 6) is 0.667. The molecule has 1 nitrogen and oxygen atoms in total. The van der Waals surface area contributed by atoms with E-state index in [0.717, 1.165) is 15.7 Å². The average Bonchev–Trinajstić information content (AvgIpc) is 2.46. The Balaban J connectivity index is 2.14. The smallest absolute Gasteiger partial charge is 0.0638 e. The summed E-state index contributed by atoms with van der Waals surface area (Å²) in [7, 11) is 0. The highest BCUT2D eigenvalue weighted by Crippen LogP contribution is 2.42. The van der Waals surface area contributed by atoms with Crippen LogP contribution in [0.1, 0.15) is 33.6 Å². The molecule has 1 saturated carbocycles. The first-order valence-electron chi connectivity index (χ1n) is 6.09. The van der Waals surface area contributed by atoms with Crippen LogP contribution in [0.4, 0.5) is 5.69 Å². The van der Waals surface area contributed by atoms with Crippen molar-refractivity contribution in [3.05, 3.63) is 28.2 Å². The standard InChI is InChI=1S/C14H19Cl2N/c1-9-7-14(2,3)8-13(9)17-12-6-10(15)4-5-11(12)16/h4-6,9,13,17H,7-8H2,1-3H3. The fourth-order valence-electron chi connectivity index (χ4n) is 2.89. The van der Waals surface area contributed by atoms with Crippen molar-refractivity contribution in [2.45, 2.75) is 39.7 Å². The SMILES string of the molecule is CC1CC(C)(C)CC1Nc1cc(Cl)ccc1Cl. The van der Waals surface area contributed by atoms with Gasteiger partial charge in [-0.15, -0.1) is 0 Å². The van der Waals surface area contributed by atoms with Crippen LogP contribution in [-0.4, -0.2) is 6.04 Å². The predicted molar refractivity (Wildman–Crippen MR) is 76.1 cm³/mol. The molecule has 1 aliphatic carbocycles. The summed E-state index contributed by atoms with van der Waals surface area (Å²) in [6.07, 6.45) is 2.43. The molecule has 1 aromatic carbocycles. The molecule has 0 heterocycles. The van der Waals surface area contributed by atoms with Crippen LogP contribution in [0.2, 0.25) is 10.0 Å². The van der Waals surface area contributed by atoms with Gasteiger partial charge in [-0.3, -0.25) is 0 Å². The van der Waals surface area contributed by atoms with E-state index >= 15 is 0 Å². The van der Waals surface area contributed by atoms with Gasteiger partial charge < -0.3 is 5.32 Å². The van der Waals surface area contributed by atoms with E-state index in [1.807, 2.05) is 18.2 Å². The van der Waals surface area contributed by atoms with Gasteiger partial charge in [0.05, 0.1) is 10.7 Å². The molecule has 94 valence electrons. The second-order valence-corrected chi connectivity index (χ2v) is 6.77. The largest absolute Gasteiger partial charge is 0.381 e. The van der Waals surface area contributed by atoms with E-state index in [2.05, 4.69) is 26.1 Å². The molecule has 17 heavy (non-hydrogen) atoms. The van der Waals surface area contributed by atoms with Gasteiger partial charge in [0.15, 0.2) is 0 Å². The molecule has 0 aromatic heterocycles. The lowest BCUT2D eigenvalue weighted by molar-refractivity contribution is 0.366. The predicted octanol–water partition coefficient (Wildman–Crippen LogP) is 5.23. The Bertz CT molecular complexity index is 415. The van der Waals surface area contributed by atoms with E-state index in [-0.39, 0.29) is 0 Å². The highest BCUT2D eigenvalue weighted by Gasteiger charge is 2.36. The molecule has 0 aliphatic heterocycles. The molecule has 3 heteroatoms. The molecule has 0 amide bonds. The fourth-order valence-corrected chi connectivity index (χ4v) is 3.24. The van der Waals surface area contributed by atoms with Gasteiger partial charge in [-0.25, -0.2) is 0 Å². The molecule has 1 N–H and O–H groups in total. The van der Waals surface area contributed by atoms with Crippen LogP contribution >= 0.6 is 23.2 Å². The Morgan fingerprint density at radius 1 is 1.24 bits per heavy atom. The molecular formula is C14H19Cl2N. The van der Waals surface area contributed by atoms with Crippen molar-refractivity contribution in [1.29, 1.82) is 0 Å². The van der Waals surface area contributed by atoms with Crippen LogP contribution < -0.4 is 5.32 Å². The molecule has 0 bridgehead atoms. The fraction of sp³-hybridized carbons (Fsp3) is 0.571. The molecular weight excluding hydrogens is 253 g/mol. The molecule has 2 atom stereocenters. The van der Waals surface area contributed by atoms with Crippen molar-refractivity contribution in [3.63, 3.8) is 0 Å². The zero-order valence-electron chi connectivity index (χ0n) is 10.6. The third kappa shape index (κ3) is 3.08. The van der Waals surface area contributed by atoms with E-state index in [1.54, 1.807) is 0 Å². The van der Waals surface area contributed by atoms with Gasteiger partial charge in [0.2, 0.25) is 0 Å². The third-order valence-electron chi connectivity index (χ3n) is 3.60. The minimum Gasteiger partial charge on any atom is -0.381 e. The monoisotopic (exact) mass is 271 g/mol. The van der Waals surface area contributed by atoms with E-state index in [1.165, 1.54) is 12.8 Å². The zero-order chi connectivity index (χ0) is 12.6. The lowest BCUT2D eigenvalue weighted by Crippen LogP contribution is -2.22. The van der Waals surface area contributed by atoms with Gasteiger partial charge in [0.25, 0.3) is 0 Å². The number of benzene rings is 1. The summed E-state index contributed by atoms with van der Waals surface area (Å²) in [4.78, 5) is 0. The van der Waals surface area contributed by atoms with Crippen molar-refractivity contribution >= 4 is 28.9 Å². The summed E-state index contributed by atoms with van der Waals surface area (Å²) in [5.41, 5.74) is 1.37. The molecule has 0 saturated heterocycles. The summed E-state index contributed by atoms with van der Waals surface area (Å²) in [5, 5.41) is 5.00. The number of nitrogens with one attached hydrogen (secondary N) is 1. The van der Waals surface area contributed by atoms with Crippen LogP contribution in [-0.2, 0) is 0 Å². The first-order valence-corrected chi connectivity index (χ1v) is 6.84. The lowest BCUT2D eigenvalue weighted by Gasteiger charge is -2.20. The molecule has 0 radical (unpaired) electrons. The van der Waals surface area contributed by atoms with Gasteiger partial charge in [0.1, 0.15) is 0 Å². The summed E-state index contributed by atoms with van der Waals surface area (Å²) >= 11 is 12.2. The highest BCUT2D eigenvalue weighted by molar-refractivity contribution is 6.35. The summed E-state index contributed by atoms with van der Waals surface area (Å²) in [6.45, 7) is 6.94. The van der Waals surface area contributed by atoms with Crippen LogP contribution in [0.5, 0.6) is 0 Å². The van der Waals surface area contributed by atoms with E-state index in [0.29, 0.717) is 17.4 Å². The lowest BCUT2D eigenvalue weighted by atomic mass is 9.91. The first kappa shape index (κ1) is 13.0. The van der Waals surface area contributed by atoms with Crippen molar-refractivity contribution in [3.8, 4) is 0 Å². The highest BCUT2D eigenvalue weighted by atomic mass is 35.5. The van der Waals surface area contributed by atoms with Gasteiger partial charge in [-0.1, -0.05) is 44.0 Å².